The molecule has 0 aliphatic rings. The molecule has 0 aliphatic carbocycles. The molecule has 0 aliphatic heterocycles. The topological polar surface area (TPSA) is 69.0 Å². The van der Waals surface area contributed by atoms with Crippen LogP contribution in [0.25, 0.3) is 0 Å². The summed E-state index contributed by atoms with van der Waals surface area (Å²) in [5.41, 5.74) is 0.830. The summed E-state index contributed by atoms with van der Waals surface area (Å²) in [6, 6.07) is 3.78. The molecule has 20 heavy (non-hydrogen) atoms. The fraction of sp³-hybridized carbons (Fsp3) is 0.357. The van der Waals surface area contributed by atoms with Gasteiger partial charge in [0.15, 0.2) is 5.82 Å². The van der Waals surface area contributed by atoms with E-state index in [1.807, 2.05) is 19.9 Å². The highest BCUT2D eigenvalue weighted by Gasteiger charge is 2.06. The Hall–Kier alpha value is -2.37. The van der Waals surface area contributed by atoms with Gasteiger partial charge >= 0.3 is 0 Å². The van der Waals surface area contributed by atoms with Gasteiger partial charge in [-0.3, -0.25) is 4.79 Å². The zero-order chi connectivity index (χ0) is 14.5. The third-order valence-corrected chi connectivity index (χ3v) is 2.89. The van der Waals surface area contributed by atoms with Crippen LogP contribution < -0.4 is 15.6 Å². The van der Waals surface area contributed by atoms with Crippen molar-refractivity contribution >= 4 is 5.82 Å². The SMILES string of the molecule is COc1ccc(CNc2nccn(C(C)C)c2=O)cn1. The Kier molecular flexibility index (Phi) is 4.34. The van der Waals surface area contributed by atoms with E-state index in [9.17, 15) is 4.79 Å². The number of hydrogen-bond donors (Lipinski definition) is 1. The zero-order valence-electron chi connectivity index (χ0n) is 11.8. The molecule has 6 nitrogen and oxygen atoms in total. The number of rotatable bonds is 5. The Balaban J connectivity index is 2.10. The number of nitrogens with zero attached hydrogens (tertiary/aromatic N) is 3. The standard InChI is InChI=1S/C14H18N4O2/c1-10(2)18-7-6-15-13(14(18)19)17-9-11-4-5-12(20-3)16-8-11/h4-8,10H,9H2,1-3H3,(H,15,17). The Morgan fingerprint density at radius 2 is 2.15 bits per heavy atom. The number of pyridine rings is 1. The Bertz CT molecular complexity index is 620. The minimum absolute atomic E-state index is 0.105. The van der Waals surface area contributed by atoms with Gasteiger partial charge in [0, 0.05) is 37.2 Å². The van der Waals surface area contributed by atoms with Gasteiger partial charge in [-0.2, -0.15) is 0 Å². The molecule has 1 N–H and O–H groups in total. The number of aromatic nitrogens is 3. The normalized spacial score (nSPS) is 10.6. The van der Waals surface area contributed by atoms with Crippen molar-refractivity contribution in [3.8, 4) is 5.88 Å². The first-order valence-corrected chi connectivity index (χ1v) is 6.41. The molecular formula is C14H18N4O2. The molecule has 6 heteroatoms. The number of ether oxygens (including phenoxy) is 1. The van der Waals surface area contributed by atoms with Gasteiger partial charge in [0.2, 0.25) is 5.88 Å². The minimum atomic E-state index is -0.121. The average Bonchev–Trinajstić information content (AvgIpc) is 2.46. The molecule has 2 rings (SSSR count). The maximum Gasteiger partial charge on any atom is 0.293 e. The van der Waals surface area contributed by atoms with Gasteiger partial charge in [0.1, 0.15) is 0 Å². The van der Waals surface area contributed by atoms with Crippen molar-refractivity contribution in [2.24, 2.45) is 0 Å². The maximum absolute atomic E-state index is 12.1. The van der Waals surface area contributed by atoms with Gasteiger partial charge in [0.05, 0.1) is 7.11 Å². The van der Waals surface area contributed by atoms with Gasteiger partial charge in [-0.15, -0.1) is 0 Å². The van der Waals surface area contributed by atoms with Crippen LogP contribution in [0.2, 0.25) is 0 Å². The molecule has 2 aromatic heterocycles. The van der Waals surface area contributed by atoms with Gasteiger partial charge in [-0.1, -0.05) is 6.07 Å². The molecular weight excluding hydrogens is 256 g/mol. The van der Waals surface area contributed by atoms with Gasteiger partial charge in [0.25, 0.3) is 5.56 Å². The predicted molar refractivity (Wildman–Crippen MR) is 77.0 cm³/mol. The molecule has 0 amide bonds. The summed E-state index contributed by atoms with van der Waals surface area (Å²) < 4.78 is 6.64. The van der Waals surface area contributed by atoms with Crippen LogP contribution in [-0.2, 0) is 6.54 Å². The van der Waals surface area contributed by atoms with Crippen molar-refractivity contribution in [2.45, 2.75) is 26.4 Å². The van der Waals surface area contributed by atoms with Crippen LogP contribution in [0.4, 0.5) is 5.82 Å². The predicted octanol–water partition coefficient (Wildman–Crippen LogP) is 1.84. The largest absolute Gasteiger partial charge is 0.481 e. The maximum atomic E-state index is 12.1. The third-order valence-electron chi connectivity index (χ3n) is 2.89. The first-order valence-electron chi connectivity index (χ1n) is 6.41. The summed E-state index contributed by atoms with van der Waals surface area (Å²) in [4.78, 5) is 20.3. The molecule has 0 saturated carbocycles. The van der Waals surface area contributed by atoms with Crippen LogP contribution in [0.1, 0.15) is 25.5 Å². The van der Waals surface area contributed by atoms with Crippen molar-refractivity contribution in [3.63, 3.8) is 0 Å². The van der Waals surface area contributed by atoms with Crippen molar-refractivity contribution in [3.05, 3.63) is 46.6 Å². The van der Waals surface area contributed by atoms with Crippen LogP contribution >= 0.6 is 0 Å². The highest BCUT2D eigenvalue weighted by atomic mass is 16.5. The van der Waals surface area contributed by atoms with E-state index in [2.05, 4.69) is 15.3 Å². The van der Waals surface area contributed by atoms with E-state index in [-0.39, 0.29) is 11.6 Å². The zero-order valence-corrected chi connectivity index (χ0v) is 11.8. The summed E-state index contributed by atoms with van der Waals surface area (Å²) >= 11 is 0. The van der Waals surface area contributed by atoms with Crippen molar-refractivity contribution in [2.75, 3.05) is 12.4 Å². The van der Waals surface area contributed by atoms with E-state index in [0.717, 1.165) is 5.56 Å². The molecule has 0 unspecified atom stereocenters. The molecule has 0 atom stereocenters. The van der Waals surface area contributed by atoms with Crippen LogP contribution in [-0.4, -0.2) is 21.6 Å². The highest BCUT2D eigenvalue weighted by molar-refractivity contribution is 5.32. The number of hydrogen-bond acceptors (Lipinski definition) is 5. The molecule has 0 aromatic carbocycles. The Morgan fingerprint density at radius 3 is 2.75 bits per heavy atom. The second-order valence-electron chi connectivity index (χ2n) is 4.64. The second kappa shape index (κ2) is 6.18. The molecule has 0 saturated heterocycles. The summed E-state index contributed by atoms with van der Waals surface area (Å²) in [6.07, 6.45) is 5.01. The van der Waals surface area contributed by atoms with E-state index in [4.69, 9.17) is 4.74 Å². The smallest absolute Gasteiger partial charge is 0.293 e. The molecule has 0 fully saturated rings. The summed E-state index contributed by atoms with van der Waals surface area (Å²) in [5, 5.41) is 3.04. The lowest BCUT2D eigenvalue weighted by Gasteiger charge is -2.11. The van der Waals surface area contributed by atoms with E-state index >= 15 is 0 Å². The highest BCUT2D eigenvalue weighted by Crippen LogP contribution is 2.08. The quantitative estimate of drug-likeness (QED) is 0.901. The number of anilines is 1. The van der Waals surface area contributed by atoms with E-state index in [1.165, 1.54) is 0 Å². The van der Waals surface area contributed by atoms with Gasteiger partial charge in [-0.25, -0.2) is 9.97 Å². The van der Waals surface area contributed by atoms with Crippen LogP contribution in [0.15, 0.2) is 35.5 Å². The molecule has 106 valence electrons. The lowest BCUT2D eigenvalue weighted by Crippen LogP contribution is -2.25. The van der Waals surface area contributed by atoms with Crippen molar-refractivity contribution in [1.29, 1.82) is 0 Å². The lowest BCUT2D eigenvalue weighted by molar-refractivity contribution is 0.397. The summed E-state index contributed by atoms with van der Waals surface area (Å²) in [6.45, 7) is 4.40. The number of methoxy groups -OCH3 is 1. The van der Waals surface area contributed by atoms with Crippen LogP contribution in [0.5, 0.6) is 5.88 Å². The monoisotopic (exact) mass is 274 g/mol. The van der Waals surface area contributed by atoms with Crippen molar-refractivity contribution < 1.29 is 4.74 Å². The van der Waals surface area contributed by atoms with Gasteiger partial charge < -0.3 is 14.6 Å². The lowest BCUT2D eigenvalue weighted by atomic mass is 10.3. The summed E-state index contributed by atoms with van der Waals surface area (Å²) in [5.74, 6) is 0.908. The molecule has 0 radical (unpaired) electrons. The third kappa shape index (κ3) is 3.14. The fourth-order valence-corrected chi connectivity index (χ4v) is 1.77. The van der Waals surface area contributed by atoms with Crippen LogP contribution in [0, 0.1) is 0 Å². The number of nitrogens with one attached hydrogen (secondary N) is 1. The van der Waals surface area contributed by atoms with E-state index < -0.39 is 0 Å². The van der Waals surface area contributed by atoms with Crippen molar-refractivity contribution in [1.82, 2.24) is 14.5 Å². The first-order chi connectivity index (χ1) is 9.61. The van der Waals surface area contributed by atoms with E-state index in [0.29, 0.717) is 18.2 Å². The summed E-state index contributed by atoms with van der Waals surface area (Å²) in [7, 11) is 1.57. The Labute approximate surface area is 117 Å². The second-order valence-corrected chi connectivity index (χ2v) is 4.64. The first kappa shape index (κ1) is 14.0. The van der Waals surface area contributed by atoms with Gasteiger partial charge in [-0.05, 0) is 19.4 Å². The molecule has 0 bridgehead atoms. The van der Waals surface area contributed by atoms with E-state index in [1.54, 1.807) is 36.3 Å². The Morgan fingerprint density at radius 1 is 1.35 bits per heavy atom. The average molecular weight is 274 g/mol. The molecule has 2 aromatic rings. The fourth-order valence-electron chi connectivity index (χ4n) is 1.77. The van der Waals surface area contributed by atoms with Crippen LogP contribution in [0.3, 0.4) is 0 Å². The molecule has 0 spiro atoms. The minimum Gasteiger partial charge on any atom is -0.481 e. The molecule has 2 heterocycles.